The molecule has 0 saturated heterocycles. The number of nitrogens with one attached hydrogen (secondary N) is 1. The van der Waals surface area contributed by atoms with Crippen molar-refractivity contribution >= 4 is 29.9 Å². The van der Waals surface area contributed by atoms with E-state index in [-0.39, 0.29) is 30.6 Å². The van der Waals surface area contributed by atoms with E-state index in [1.165, 1.54) is 0 Å². The Morgan fingerprint density at radius 3 is 2.36 bits per heavy atom. The second kappa shape index (κ2) is 10.7. The Kier molecular flexibility index (Phi) is 10.2. The predicted octanol–water partition coefficient (Wildman–Crippen LogP) is 3.20. The fourth-order valence-electron chi connectivity index (χ4n) is 1.51. The van der Waals surface area contributed by atoms with Gasteiger partial charge < -0.3 is 15.8 Å². The number of rotatable bonds is 7. The number of nitrogens with zero attached hydrogens (tertiary/aromatic N) is 1. The Bertz CT molecular complexity index is 450. The zero-order valence-electron chi connectivity index (χ0n) is 12.3. The van der Waals surface area contributed by atoms with E-state index in [2.05, 4.69) is 15.0 Å². The van der Waals surface area contributed by atoms with Crippen molar-refractivity contribution in [3.63, 3.8) is 0 Å². The molecule has 0 bridgehead atoms. The van der Waals surface area contributed by atoms with Crippen LogP contribution in [0.25, 0.3) is 0 Å². The third-order valence-corrected chi connectivity index (χ3v) is 2.55. The van der Waals surface area contributed by atoms with Crippen molar-refractivity contribution in [3.05, 3.63) is 35.4 Å². The monoisotopic (exact) mass is 431 g/mol. The second-order valence-corrected chi connectivity index (χ2v) is 4.55. The molecule has 0 unspecified atom stereocenters. The molecular weight excluding hydrogens is 410 g/mol. The van der Waals surface area contributed by atoms with Crippen LogP contribution in [0.1, 0.15) is 24.5 Å². The number of benzene rings is 1. The van der Waals surface area contributed by atoms with Gasteiger partial charge in [-0.15, -0.1) is 24.0 Å². The van der Waals surface area contributed by atoms with Crippen LogP contribution in [-0.2, 0) is 17.9 Å². The highest BCUT2D eigenvalue weighted by atomic mass is 127. The lowest BCUT2D eigenvalue weighted by atomic mass is 10.1. The Balaban J connectivity index is 0.00000441. The quantitative estimate of drug-likeness (QED) is 0.396. The predicted molar refractivity (Wildman–Crippen MR) is 91.2 cm³/mol. The van der Waals surface area contributed by atoms with Crippen molar-refractivity contribution in [2.24, 2.45) is 10.7 Å². The number of hydrogen-bond acceptors (Lipinski definition) is 2. The van der Waals surface area contributed by atoms with E-state index in [0.717, 1.165) is 18.5 Å². The Hall–Kier alpha value is -1.03. The van der Waals surface area contributed by atoms with Crippen LogP contribution in [0, 0.1) is 0 Å². The smallest absolute Gasteiger partial charge is 0.370 e. The summed E-state index contributed by atoms with van der Waals surface area (Å²) in [6.45, 7) is 1.92. The van der Waals surface area contributed by atoms with Crippen LogP contribution >= 0.6 is 24.0 Å². The van der Waals surface area contributed by atoms with E-state index in [1.54, 1.807) is 24.3 Å². The first kappa shape index (κ1) is 21.0. The average molecular weight is 431 g/mol. The zero-order valence-corrected chi connectivity index (χ0v) is 14.7. The van der Waals surface area contributed by atoms with Gasteiger partial charge in [0.15, 0.2) is 5.96 Å². The number of nitrogens with two attached hydrogens (primary N) is 1. The van der Waals surface area contributed by atoms with Gasteiger partial charge in [0, 0.05) is 6.54 Å². The summed E-state index contributed by atoms with van der Waals surface area (Å²) in [4.78, 5) is 4.16. The maximum absolute atomic E-state index is 11.9. The van der Waals surface area contributed by atoms with Gasteiger partial charge in [-0.1, -0.05) is 31.2 Å². The lowest BCUT2D eigenvalue weighted by molar-refractivity contribution is -0.176. The van der Waals surface area contributed by atoms with Gasteiger partial charge in [-0.3, -0.25) is 0 Å². The Morgan fingerprint density at radius 2 is 1.82 bits per heavy atom. The van der Waals surface area contributed by atoms with E-state index in [1.807, 2.05) is 6.92 Å². The summed E-state index contributed by atoms with van der Waals surface area (Å²) in [5, 5.41) is 2.96. The molecule has 1 aromatic rings. The molecule has 0 aromatic heterocycles. The molecule has 0 radical (unpaired) electrons. The lowest BCUT2D eigenvalue weighted by Gasteiger charge is -2.08. The summed E-state index contributed by atoms with van der Waals surface area (Å²) in [5.74, 6) is 0.384. The fraction of sp³-hybridized carbons (Fsp3) is 0.500. The molecular formula is C14H21F3IN3O. The summed E-state index contributed by atoms with van der Waals surface area (Å²) < 4.78 is 40.4. The number of alkyl halides is 3. The molecule has 8 heteroatoms. The Morgan fingerprint density at radius 1 is 1.23 bits per heavy atom. The molecule has 0 amide bonds. The number of hydrogen-bond donors (Lipinski definition) is 2. The van der Waals surface area contributed by atoms with Crippen molar-refractivity contribution in [2.75, 3.05) is 13.2 Å². The minimum Gasteiger partial charge on any atom is -0.370 e. The maximum atomic E-state index is 11.9. The van der Waals surface area contributed by atoms with Gasteiger partial charge in [-0.2, -0.15) is 13.2 Å². The topological polar surface area (TPSA) is 59.6 Å². The summed E-state index contributed by atoms with van der Waals surface area (Å²) in [6.07, 6.45) is -3.33. The van der Waals surface area contributed by atoms with Gasteiger partial charge in [0.1, 0.15) is 6.61 Å². The molecule has 22 heavy (non-hydrogen) atoms. The van der Waals surface area contributed by atoms with Crippen LogP contribution < -0.4 is 11.1 Å². The number of guanidine groups is 1. The summed E-state index contributed by atoms with van der Waals surface area (Å²) in [7, 11) is 0. The fourth-order valence-corrected chi connectivity index (χ4v) is 1.51. The normalized spacial score (nSPS) is 11.9. The first-order valence-electron chi connectivity index (χ1n) is 6.67. The first-order chi connectivity index (χ1) is 9.90. The third kappa shape index (κ3) is 9.82. The highest BCUT2D eigenvalue weighted by Gasteiger charge is 2.27. The van der Waals surface area contributed by atoms with Crippen LogP contribution in [0.3, 0.4) is 0 Å². The SMILES string of the molecule is CCCNC(N)=NCc1ccc(COCC(F)(F)F)cc1.I. The second-order valence-electron chi connectivity index (χ2n) is 4.55. The molecule has 0 aliphatic rings. The van der Waals surface area contributed by atoms with E-state index in [4.69, 9.17) is 5.73 Å². The van der Waals surface area contributed by atoms with E-state index in [9.17, 15) is 13.2 Å². The van der Waals surface area contributed by atoms with E-state index < -0.39 is 12.8 Å². The minimum atomic E-state index is -4.29. The van der Waals surface area contributed by atoms with Crippen LogP contribution in [0.5, 0.6) is 0 Å². The molecule has 0 atom stereocenters. The molecule has 1 aromatic carbocycles. The minimum absolute atomic E-state index is 0. The van der Waals surface area contributed by atoms with Gasteiger partial charge in [0.2, 0.25) is 0 Å². The van der Waals surface area contributed by atoms with Gasteiger partial charge >= 0.3 is 6.18 Å². The largest absolute Gasteiger partial charge is 0.411 e. The van der Waals surface area contributed by atoms with Crippen LogP contribution in [0.4, 0.5) is 13.2 Å². The molecule has 0 fully saturated rings. The standard InChI is InChI=1S/C14H20F3N3O.HI/c1-2-7-19-13(18)20-8-11-3-5-12(6-4-11)9-21-10-14(15,16)17;/h3-6H,2,7-10H2,1H3,(H3,18,19,20);1H. The van der Waals surface area contributed by atoms with Crippen molar-refractivity contribution in [1.82, 2.24) is 5.32 Å². The van der Waals surface area contributed by atoms with Crippen LogP contribution in [0.15, 0.2) is 29.3 Å². The van der Waals surface area contributed by atoms with E-state index in [0.29, 0.717) is 18.1 Å². The maximum Gasteiger partial charge on any atom is 0.411 e. The lowest BCUT2D eigenvalue weighted by Crippen LogP contribution is -2.32. The molecule has 126 valence electrons. The summed E-state index contributed by atoms with van der Waals surface area (Å²) >= 11 is 0. The first-order valence-corrected chi connectivity index (χ1v) is 6.67. The van der Waals surface area contributed by atoms with Crippen molar-refractivity contribution in [1.29, 1.82) is 0 Å². The number of halogens is 4. The number of aliphatic imine (C=N–C) groups is 1. The van der Waals surface area contributed by atoms with Gasteiger partial charge in [-0.25, -0.2) is 4.99 Å². The summed E-state index contributed by atoms with van der Waals surface area (Å²) in [5.41, 5.74) is 7.27. The molecule has 0 spiro atoms. The molecule has 0 aliphatic carbocycles. The molecule has 1 rings (SSSR count). The molecule has 0 saturated carbocycles. The van der Waals surface area contributed by atoms with Crippen molar-refractivity contribution in [2.45, 2.75) is 32.7 Å². The van der Waals surface area contributed by atoms with Gasteiger partial charge in [0.25, 0.3) is 0 Å². The highest BCUT2D eigenvalue weighted by molar-refractivity contribution is 14.0. The van der Waals surface area contributed by atoms with Crippen molar-refractivity contribution in [3.8, 4) is 0 Å². The average Bonchev–Trinajstić information content (AvgIpc) is 2.43. The van der Waals surface area contributed by atoms with Crippen LogP contribution in [-0.4, -0.2) is 25.3 Å². The third-order valence-electron chi connectivity index (χ3n) is 2.55. The zero-order chi connectivity index (χ0) is 15.7. The van der Waals surface area contributed by atoms with Gasteiger partial charge in [-0.05, 0) is 17.5 Å². The van der Waals surface area contributed by atoms with Crippen molar-refractivity contribution < 1.29 is 17.9 Å². The summed E-state index contributed by atoms with van der Waals surface area (Å²) in [6, 6.07) is 7.03. The van der Waals surface area contributed by atoms with Crippen LogP contribution in [0.2, 0.25) is 0 Å². The molecule has 0 aliphatic heterocycles. The Labute approximate surface area is 145 Å². The van der Waals surface area contributed by atoms with E-state index >= 15 is 0 Å². The molecule has 4 nitrogen and oxygen atoms in total. The van der Waals surface area contributed by atoms with Gasteiger partial charge in [0.05, 0.1) is 13.2 Å². The molecule has 3 N–H and O–H groups in total. The molecule has 0 heterocycles. The number of ether oxygens (including phenoxy) is 1. The highest BCUT2D eigenvalue weighted by Crippen LogP contribution is 2.15.